The number of aromatic nitrogens is 2. The van der Waals surface area contributed by atoms with Gasteiger partial charge in [0.1, 0.15) is 0 Å². The van der Waals surface area contributed by atoms with Crippen LogP contribution in [0.15, 0.2) is 28.9 Å². The number of alkyl halides is 3. The van der Waals surface area contributed by atoms with Crippen LogP contribution < -0.4 is 20.5 Å². The van der Waals surface area contributed by atoms with Crippen LogP contribution in [0.25, 0.3) is 0 Å². The van der Waals surface area contributed by atoms with Crippen molar-refractivity contribution in [3.63, 3.8) is 0 Å². The summed E-state index contributed by atoms with van der Waals surface area (Å²) >= 11 is 1.05. The van der Waals surface area contributed by atoms with Crippen molar-refractivity contribution in [2.75, 3.05) is 23.7 Å². The summed E-state index contributed by atoms with van der Waals surface area (Å²) in [4.78, 5) is 0. The molecule has 7 nitrogen and oxygen atoms in total. The normalized spacial score (nSPS) is 12.8. The summed E-state index contributed by atoms with van der Waals surface area (Å²) in [5.41, 5.74) is 0.102. The first-order valence-electron chi connectivity index (χ1n) is 7.50. The van der Waals surface area contributed by atoms with E-state index < -0.39 is 17.8 Å². The Hall–Kier alpha value is -1.98. The fourth-order valence-electron chi connectivity index (χ4n) is 2.13. The highest BCUT2D eigenvalue weighted by Gasteiger charge is 2.30. The van der Waals surface area contributed by atoms with Gasteiger partial charge in [-0.3, -0.25) is 9.86 Å². The van der Waals surface area contributed by atoms with E-state index in [1.165, 1.54) is 6.07 Å². The van der Waals surface area contributed by atoms with E-state index in [1.54, 1.807) is 13.0 Å². The van der Waals surface area contributed by atoms with Gasteiger partial charge in [0.15, 0.2) is 11.5 Å². The Balaban J connectivity index is 1.97. The lowest BCUT2D eigenvalue weighted by atomic mass is 10.1. The fourth-order valence-corrected chi connectivity index (χ4v) is 2.39. The van der Waals surface area contributed by atoms with Gasteiger partial charge in [0.2, 0.25) is 0 Å². The highest BCUT2D eigenvalue weighted by molar-refractivity contribution is 7.95. The average Bonchev–Trinajstić information content (AvgIpc) is 3.03. The smallest absolute Gasteiger partial charge is 0.377 e. The van der Waals surface area contributed by atoms with Gasteiger partial charge in [0.25, 0.3) is 0 Å². The van der Waals surface area contributed by atoms with Crippen LogP contribution in [-0.4, -0.2) is 23.4 Å². The molecule has 2 rings (SSSR count). The molecule has 25 heavy (non-hydrogen) atoms. The van der Waals surface area contributed by atoms with E-state index in [4.69, 9.17) is 9.77 Å². The first-order valence-corrected chi connectivity index (χ1v) is 8.38. The molecule has 0 saturated carbocycles. The van der Waals surface area contributed by atoms with Crippen molar-refractivity contribution in [3.05, 3.63) is 35.5 Å². The molecule has 0 amide bonds. The summed E-state index contributed by atoms with van der Waals surface area (Å²) in [6, 6.07) is 4.58. The molecule has 0 spiro atoms. The van der Waals surface area contributed by atoms with Gasteiger partial charge in [-0.05, 0) is 36.7 Å². The minimum absolute atomic E-state index is 0.334. The predicted octanol–water partition coefficient (Wildman–Crippen LogP) is 3.17. The Kier molecular flexibility index (Phi) is 6.91. The Labute approximate surface area is 147 Å². The van der Waals surface area contributed by atoms with Crippen LogP contribution in [0.3, 0.4) is 0 Å². The van der Waals surface area contributed by atoms with E-state index in [1.807, 2.05) is 0 Å². The SMILES string of the molecule is CC(Nc1cccc(C(F)(F)F)c1)c1nonc1NCCCNSN. The van der Waals surface area contributed by atoms with E-state index >= 15 is 0 Å². The van der Waals surface area contributed by atoms with E-state index in [9.17, 15) is 13.2 Å². The fraction of sp³-hybridized carbons (Fsp3) is 0.429. The molecule has 0 aliphatic heterocycles. The molecule has 1 unspecified atom stereocenters. The number of rotatable bonds is 9. The topological polar surface area (TPSA) is 101 Å². The number of hydrogen-bond donors (Lipinski definition) is 4. The van der Waals surface area contributed by atoms with Gasteiger partial charge >= 0.3 is 6.18 Å². The predicted molar refractivity (Wildman–Crippen MR) is 90.7 cm³/mol. The molecule has 1 heterocycles. The van der Waals surface area contributed by atoms with Gasteiger partial charge in [0, 0.05) is 30.9 Å². The third kappa shape index (κ3) is 5.80. The molecular formula is C14H19F3N6OS. The van der Waals surface area contributed by atoms with E-state index in [0.717, 1.165) is 30.7 Å². The van der Waals surface area contributed by atoms with Crippen LogP contribution in [0.5, 0.6) is 0 Å². The molecule has 1 atom stereocenters. The van der Waals surface area contributed by atoms with Crippen molar-refractivity contribution < 1.29 is 17.8 Å². The molecule has 0 aliphatic rings. The summed E-state index contributed by atoms with van der Waals surface area (Å²) in [5.74, 6) is 0.451. The largest absolute Gasteiger partial charge is 0.416 e. The van der Waals surface area contributed by atoms with Crippen molar-refractivity contribution in [2.24, 2.45) is 5.14 Å². The first kappa shape index (κ1) is 19.3. The third-order valence-corrected chi connectivity index (χ3v) is 3.70. The Morgan fingerprint density at radius 2 is 2.08 bits per heavy atom. The number of benzene rings is 1. The lowest BCUT2D eigenvalue weighted by molar-refractivity contribution is -0.137. The van der Waals surface area contributed by atoms with Gasteiger partial charge in [-0.15, -0.1) is 0 Å². The zero-order valence-corrected chi connectivity index (χ0v) is 14.2. The van der Waals surface area contributed by atoms with Gasteiger partial charge in [-0.25, -0.2) is 4.63 Å². The zero-order chi connectivity index (χ0) is 18.3. The molecule has 0 radical (unpaired) electrons. The summed E-state index contributed by atoms with van der Waals surface area (Å²) < 4.78 is 46.0. The first-order chi connectivity index (χ1) is 11.9. The monoisotopic (exact) mass is 376 g/mol. The number of nitrogens with zero attached hydrogens (tertiary/aromatic N) is 2. The minimum atomic E-state index is -4.39. The molecule has 2 aromatic rings. The van der Waals surface area contributed by atoms with Crippen LogP contribution in [0.4, 0.5) is 24.7 Å². The number of nitrogens with two attached hydrogens (primary N) is 1. The number of halogens is 3. The molecule has 0 aliphatic carbocycles. The third-order valence-electron chi connectivity index (χ3n) is 3.33. The Morgan fingerprint density at radius 3 is 2.80 bits per heavy atom. The highest BCUT2D eigenvalue weighted by atomic mass is 32.2. The maximum absolute atomic E-state index is 12.8. The lowest BCUT2D eigenvalue weighted by Gasteiger charge is -2.15. The maximum Gasteiger partial charge on any atom is 0.416 e. The van der Waals surface area contributed by atoms with Crippen molar-refractivity contribution >= 4 is 23.6 Å². The second-order valence-electron chi connectivity index (χ2n) is 5.24. The van der Waals surface area contributed by atoms with Gasteiger partial charge in [-0.2, -0.15) is 13.2 Å². The van der Waals surface area contributed by atoms with Crippen LogP contribution in [0.1, 0.15) is 30.6 Å². The summed E-state index contributed by atoms with van der Waals surface area (Å²) in [6.07, 6.45) is -3.59. The van der Waals surface area contributed by atoms with E-state index in [0.29, 0.717) is 30.3 Å². The summed E-state index contributed by atoms with van der Waals surface area (Å²) in [5, 5.41) is 18.9. The minimum Gasteiger partial charge on any atom is -0.377 e. The molecule has 138 valence electrons. The van der Waals surface area contributed by atoms with Gasteiger partial charge < -0.3 is 10.6 Å². The van der Waals surface area contributed by atoms with Crippen LogP contribution >= 0.6 is 12.1 Å². The van der Waals surface area contributed by atoms with Crippen LogP contribution in [0.2, 0.25) is 0 Å². The zero-order valence-electron chi connectivity index (χ0n) is 13.4. The van der Waals surface area contributed by atoms with Gasteiger partial charge in [-0.1, -0.05) is 11.2 Å². The number of anilines is 2. The number of nitrogens with one attached hydrogen (secondary N) is 3. The molecule has 1 aromatic carbocycles. The van der Waals surface area contributed by atoms with E-state index in [2.05, 4.69) is 25.7 Å². The van der Waals surface area contributed by atoms with Crippen molar-refractivity contribution in [1.82, 2.24) is 15.0 Å². The van der Waals surface area contributed by atoms with Crippen LogP contribution in [0, 0.1) is 0 Å². The summed E-state index contributed by atoms with van der Waals surface area (Å²) in [6.45, 7) is 3.09. The van der Waals surface area contributed by atoms with Crippen molar-refractivity contribution in [3.8, 4) is 0 Å². The standard InChI is InChI=1S/C14H19F3N6OS/c1-9(21-11-5-2-4-10(8-11)14(15,16)17)12-13(23-24-22-12)19-6-3-7-20-25-18/h2,4-5,8-9,20-21H,3,6-7,18H2,1H3,(H,19,23). The Morgan fingerprint density at radius 1 is 1.28 bits per heavy atom. The van der Waals surface area contributed by atoms with Gasteiger partial charge in [0.05, 0.1) is 11.6 Å². The molecule has 11 heteroatoms. The molecule has 0 fully saturated rings. The van der Waals surface area contributed by atoms with Crippen molar-refractivity contribution in [2.45, 2.75) is 25.6 Å². The Bertz CT molecular complexity index is 666. The average molecular weight is 376 g/mol. The summed E-state index contributed by atoms with van der Waals surface area (Å²) in [7, 11) is 0. The lowest BCUT2D eigenvalue weighted by Crippen LogP contribution is -2.15. The molecular weight excluding hydrogens is 357 g/mol. The quantitative estimate of drug-likeness (QED) is 0.391. The second-order valence-corrected chi connectivity index (χ2v) is 5.76. The number of hydrogen-bond acceptors (Lipinski definition) is 8. The van der Waals surface area contributed by atoms with Crippen LogP contribution in [-0.2, 0) is 6.18 Å². The molecule has 1 aromatic heterocycles. The molecule has 0 bridgehead atoms. The van der Waals surface area contributed by atoms with E-state index in [-0.39, 0.29) is 0 Å². The molecule has 5 N–H and O–H groups in total. The van der Waals surface area contributed by atoms with Crippen molar-refractivity contribution in [1.29, 1.82) is 0 Å². The molecule has 0 saturated heterocycles. The maximum atomic E-state index is 12.8. The highest BCUT2D eigenvalue weighted by Crippen LogP contribution is 2.31. The second kappa shape index (κ2) is 8.92.